The van der Waals surface area contributed by atoms with Crippen LogP contribution in [-0.4, -0.2) is 26.1 Å². The van der Waals surface area contributed by atoms with Crippen molar-refractivity contribution in [1.29, 1.82) is 0 Å². The molecule has 0 aromatic heterocycles. The normalized spacial score (nSPS) is 21.0. The zero-order chi connectivity index (χ0) is 18.5. The summed E-state index contributed by atoms with van der Waals surface area (Å²) in [4.78, 5) is 0. The lowest BCUT2D eigenvalue weighted by Gasteiger charge is -2.29. The number of aryl methyl sites for hydroxylation is 1. The smallest absolute Gasteiger partial charge is 0.181 e. The van der Waals surface area contributed by atoms with Crippen molar-refractivity contribution in [2.24, 2.45) is 0 Å². The van der Waals surface area contributed by atoms with Crippen LogP contribution in [-0.2, 0) is 20.6 Å². The van der Waals surface area contributed by atoms with Crippen LogP contribution in [0.3, 0.4) is 0 Å². The molecule has 3 nitrogen and oxygen atoms in total. The molecule has 0 unspecified atom stereocenters. The second kappa shape index (κ2) is 12.9. The van der Waals surface area contributed by atoms with E-state index in [0.29, 0.717) is 19.8 Å². The number of allylic oxidation sites excluding steroid dienone is 3. The third-order valence-corrected chi connectivity index (χ3v) is 4.61. The van der Waals surface area contributed by atoms with Crippen molar-refractivity contribution in [3.05, 3.63) is 59.7 Å². The Kier molecular flexibility index (Phi) is 10.3. The molecule has 1 aromatic rings. The van der Waals surface area contributed by atoms with Gasteiger partial charge >= 0.3 is 0 Å². The highest BCUT2D eigenvalue weighted by atomic mass is 16.7. The monoisotopic (exact) mass is 358 g/mol. The van der Waals surface area contributed by atoms with E-state index in [1.165, 1.54) is 49.7 Å². The Morgan fingerprint density at radius 3 is 2.50 bits per heavy atom. The zero-order valence-electron chi connectivity index (χ0n) is 16.4. The van der Waals surface area contributed by atoms with Gasteiger partial charge in [0.1, 0.15) is 6.10 Å². The Balaban J connectivity index is 1.67. The molecule has 0 N–H and O–H groups in total. The summed E-state index contributed by atoms with van der Waals surface area (Å²) < 4.78 is 17.4. The van der Waals surface area contributed by atoms with Crippen molar-refractivity contribution < 1.29 is 14.2 Å². The van der Waals surface area contributed by atoms with Crippen molar-refractivity contribution in [2.45, 2.75) is 64.8 Å². The van der Waals surface area contributed by atoms with Crippen LogP contribution in [0.15, 0.2) is 48.6 Å². The molecule has 1 fully saturated rings. The Labute approximate surface area is 159 Å². The Bertz CT molecular complexity index is 525. The van der Waals surface area contributed by atoms with Gasteiger partial charge in [0.05, 0.1) is 19.8 Å². The van der Waals surface area contributed by atoms with Gasteiger partial charge in [0, 0.05) is 0 Å². The highest BCUT2D eigenvalue weighted by Gasteiger charge is 2.23. The van der Waals surface area contributed by atoms with Crippen molar-refractivity contribution in [3.8, 4) is 0 Å². The van der Waals surface area contributed by atoms with Gasteiger partial charge in [-0.15, -0.1) is 0 Å². The fourth-order valence-corrected chi connectivity index (χ4v) is 3.01. The molecule has 1 saturated heterocycles. The van der Waals surface area contributed by atoms with E-state index in [9.17, 15) is 0 Å². The highest BCUT2D eigenvalue weighted by molar-refractivity contribution is 5.24. The molecule has 2 rings (SSSR count). The summed E-state index contributed by atoms with van der Waals surface area (Å²) in [5.41, 5.74) is 2.60. The van der Waals surface area contributed by atoms with Gasteiger partial charge in [0.15, 0.2) is 6.29 Å². The number of rotatable bonds is 11. The first-order valence-corrected chi connectivity index (χ1v) is 10.0. The van der Waals surface area contributed by atoms with Gasteiger partial charge in [0.2, 0.25) is 0 Å². The molecule has 1 aliphatic heterocycles. The third-order valence-electron chi connectivity index (χ3n) is 4.61. The van der Waals surface area contributed by atoms with Crippen molar-refractivity contribution in [2.75, 3.05) is 19.8 Å². The van der Waals surface area contributed by atoms with E-state index in [1.807, 2.05) is 31.2 Å². The summed E-state index contributed by atoms with van der Waals surface area (Å²) in [7, 11) is 0. The largest absolute Gasteiger partial charge is 0.366 e. The van der Waals surface area contributed by atoms with Gasteiger partial charge in [-0.25, -0.2) is 0 Å². The van der Waals surface area contributed by atoms with Gasteiger partial charge in [-0.1, -0.05) is 81.2 Å². The minimum atomic E-state index is -0.274. The average Bonchev–Trinajstić information content (AvgIpc) is 2.69. The van der Waals surface area contributed by atoms with Crippen LogP contribution in [0.4, 0.5) is 0 Å². The summed E-state index contributed by atoms with van der Waals surface area (Å²) in [6, 6.07) is 8.81. The highest BCUT2D eigenvalue weighted by Crippen LogP contribution is 2.24. The predicted octanol–water partition coefficient (Wildman–Crippen LogP) is 5.76. The van der Waals surface area contributed by atoms with E-state index in [2.05, 4.69) is 31.2 Å². The average molecular weight is 359 g/mol. The molecule has 0 amide bonds. The Hall–Kier alpha value is -1.42. The molecule has 2 atom stereocenters. The summed E-state index contributed by atoms with van der Waals surface area (Å²) in [5, 5.41) is 0. The molecular weight excluding hydrogens is 324 g/mol. The van der Waals surface area contributed by atoms with Crippen molar-refractivity contribution >= 4 is 0 Å². The maximum absolute atomic E-state index is 5.93. The standard InChI is InChI=1S/C23H34O3/c1-3-5-7-9-10-12-20-13-15-21(16-14-20)22-18-26-23(19-25-22)24-17-11-8-6-4-2/h4,6,8,11,13-16,22-23H,3,5,7,9-10,12,17-19H2,1-2H3/b6-4+,11-8+/t22-,23+/m1/s1. The number of ether oxygens (including phenoxy) is 3. The van der Waals surface area contributed by atoms with Crippen LogP contribution in [0.2, 0.25) is 0 Å². The van der Waals surface area contributed by atoms with Crippen LogP contribution >= 0.6 is 0 Å². The first-order valence-electron chi connectivity index (χ1n) is 10.0. The van der Waals surface area contributed by atoms with Gasteiger partial charge < -0.3 is 14.2 Å². The van der Waals surface area contributed by atoms with Gasteiger partial charge in [-0.05, 0) is 30.9 Å². The van der Waals surface area contributed by atoms with Crippen LogP contribution in [0.1, 0.15) is 63.2 Å². The van der Waals surface area contributed by atoms with Crippen molar-refractivity contribution in [3.63, 3.8) is 0 Å². The predicted molar refractivity (Wildman–Crippen MR) is 107 cm³/mol. The van der Waals surface area contributed by atoms with E-state index >= 15 is 0 Å². The molecule has 0 radical (unpaired) electrons. The molecule has 0 spiro atoms. The topological polar surface area (TPSA) is 27.7 Å². The second-order valence-corrected chi connectivity index (χ2v) is 6.78. The maximum Gasteiger partial charge on any atom is 0.181 e. The number of unbranched alkanes of at least 4 members (excludes halogenated alkanes) is 4. The molecule has 144 valence electrons. The molecule has 0 aliphatic carbocycles. The molecule has 0 bridgehead atoms. The molecular formula is C23H34O3. The third kappa shape index (κ3) is 7.86. The van der Waals surface area contributed by atoms with E-state index in [0.717, 1.165) is 0 Å². The number of benzene rings is 1. The van der Waals surface area contributed by atoms with Gasteiger partial charge in [-0.3, -0.25) is 0 Å². The van der Waals surface area contributed by atoms with Gasteiger partial charge in [0.25, 0.3) is 0 Å². The lowest BCUT2D eigenvalue weighted by molar-refractivity contribution is -0.232. The van der Waals surface area contributed by atoms with Crippen LogP contribution in [0.25, 0.3) is 0 Å². The van der Waals surface area contributed by atoms with E-state index < -0.39 is 0 Å². The van der Waals surface area contributed by atoms with E-state index in [4.69, 9.17) is 14.2 Å². The summed E-state index contributed by atoms with van der Waals surface area (Å²) in [6.45, 7) is 5.80. The molecule has 1 heterocycles. The van der Waals surface area contributed by atoms with Gasteiger partial charge in [-0.2, -0.15) is 0 Å². The molecule has 26 heavy (non-hydrogen) atoms. The molecule has 1 aromatic carbocycles. The summed E-state index contributed by atoms with van der Waals surface area (Å²) in [5.74, 6) is 0. The molecule has 0 saturated carbocycles. The van der Waals surface area contributed by atoms with Crippen LogP contribution in [0.5, 0.6) is 0 Å². The molecule has 1 aliphatic rings. The minimum absolute atomic E-state index is 0.00650. The SMILES string of the molecule is C/C=C/C=C/CO[C@@H]1CO[C@@H](c2ccc(CCCCCCC)cc2)CO1. The fourth-order valence-electron chi connectivity index (χ4n) is 3.01. The minimum Gasteiger partial charge on any atom is -0.366 e. The lowest BCUT2D eigenvalue weighted by atomic mass is 10.0. The summed E-state index contributed by atoms with van der Waals surface area (Å²) in [6.07, 6.45) is 15.4. The second-order valence-electron chi connectivity index (χ2n) is 6.78. The first kappa shape index (κ1) is 20.9. The Morgan fingerprint density at radius 1 is 1.00 bits per heavy atom. The lowest BCUT2D eigenvalue weighted by Crippen LogP contribution is -2.33. The van der Waals surface area contributed by atoms with E-state index in [-0.39, 0.29) is 12.4 Å². The quantitative estimate of drug-likeness (QED) is 0.372. The number of hydrogen-bond acceptors (Lipinski definition) is 3. The molecule has 3 heteroatoms. The number of hydrogen-bond donors (Lipinski definition) is 0. The maximum atomic E-state index is 5.93. The Morgan fingerprint density at radius 2 is 1.81 bits per heavy atom. The summed E-state index contributed by atoms with van der Waals surface area (Å²) >= 11 is 0. The fraction of sp³-hybridized carbons (Fsp3) is 0.565. The first-order chi connectivity index (χ1) is 12.8. The van der Waals surface area contributed by atoms with E-state index in [1.54, 1.807) is 0 Å². The van der Waals surface area contributed by atoms with Crippen LogP contribution < -0.4 is 0 Å². The van der Waals surface area contributed by atoms with Crippen molar-refractivity contribution in [1.82, 2.24) is 0 Å². The zero-order valence-corrected chi connectivity index (χ0v) is 16.4. The van der Waals surface area contributed by atoms with Crippen LogP contribution in [0, 0.1) is 0 Å².